The molecule has 0 aliphatic rings. The van der Waals surface area contributed by atoms with E-state index in [2.05, 4.69) is 0 Å². The van der Waals surface area contributed by atoms with E-state index >= 15 is 0 Å². The molecule has 0 saturated carbocycles. The fraction of sp³-hybridized carbons (Fsp3) is 0.250. The van der Waals surface area contributed by atoms with Crippen molar-refractivity contribution in [3.05, 3.63) is 53.6 Å². The maximum Gasteiger partial charge on any atom is 0.146 e. The van der Waals surface area contributed by atoms with Crippen LogP contribution in [0, 0.1) is 11.6 Å². The third-order valence-electron chi connectivity index (χ3n) is 3.14. The molecular weight excluding hydrogens is 292 g/mol. The second-order valence-corrected chi connectivity index (χ2v) is 6.81. The predicted octanol–water partition coefficient (Wildman–Crippen LogP) is 4.58. The number of anilines is 1. The molecule has 0 aliphatic carbocycles. The van der Waals surface area contributed by atoms with Gasteiger partial charge in [-0.25, -0.2) is 8.78 Å². The predicted molar refractivity (Wildman–Crippen MR) is 82.6 cm³/mol. The van der Waals surface area contributed by atoms with Crippen LogP contribution >= 0.6 is 11.8 Å². The summed E-state index contributed by atoms with van der Waals surface area (Å²) in [4.78, 5) is 0.768. The highest BCUT2D eigenvalue weighted by Crippen LogP contribution is 2.45. The van der Waals surface area contributed by atoms with Gasteiger partial charge in [0.25, 0.3) is 0 Å². The maximum absolute atomic E-state index is 14.2. The zero-order valence-corrected chi connectivity index (χ0v) is 12.9. The molecule has 0 aromatic heterocycles. The summed E-state index contributed by atoms with van der Waals surface area (Å²) in [7, 11) is 1.51. The summed E-state index contributed by atoms with van der Waals surface area (Å²) in [6, 6.07) is 9.22. The maximum atomic E-state index is 14.2. The molecule has 0 aliphatic heterocycles. The molecule has 2 N–H and O–H groups in total. The molecule has 0 spiro atoms. The van der Waals surface area contributed by atoms with Crippen LogP contribution in [0.4, 0.5) is 14.5 Å². The smallest absolute Gasteiger partial charge is 0.146 e. The molecule has 112 valence electrons. The Morgan fingerprint density at radius 2 is 1.81 bits per heavy atom. The Kier molecular flexibility index (Phi) is 4.42. The van der Waals surface area contributed by atoms with Gasteiger partial charge in [-0.2, -0.15) is 0 Å². The Labute approximate surface area is 127 Å². The SMILES string of the molecule is COc1cccc(F)c1C(C)(C)Sc1ccc(F)c(N)c1. The molecular formula is C16H17F2NOS. The van der Waals surface area contributed by atoms with E-state index in [0.717, 1.165) is 4.90 Å². The standard InChI is InChI=1S/C16H17F2NOS/c1-16(2,15-12(18)5-4-6-14(15)20-3)21-10-7-8-11(17)13(19)9-10/h4-9H,19H2,1-3H3. The average Bonchev–Trinajstić information content (AvgIpc) is 2.42. The molecule has 2 nitrogen and oxygen atoms in total. The van der Waals surface area contributed by atoms with Gasteiger partial charge in [0.05, 0.1) is 12.8 Å². The number of methoxy groups -OCH3 is 1. The molecule has 0 heterocycles. The van der Waals surface area contributed by atoms with E-state index < -0.39 is 10.6 Å². The van der Waals surface area contributed by atoms with E-state index in [0.29, 0.717) is 11.3 Å². The zero-order chi connectivity index (χ0) is 15.6. The Morgan fingerprint density at radius 3 is 2.43 bits per heavy atom. The molecule has 0 atom stereocenters. The molecule has 21 heavy (non-hydrogen) atoms. The van der Waals surface area contributed by atoms with Gasteiger partial charge in [0.15, 0.2) is 0 Å². The Hall–Kier alpha value is -1.75. The van der Waals surface area contributed by atoms with Gasteiger partial charge in [-0.1, -0.05) is 6.07 Å². The molecule has 5 heteroatoms. The number of benzene rings is 2. The van der Waals surface area contributed by atoms with Crippen molar-refractivity contribution < 1.29 is 13.5 Å². The minimum atomic E-state index is -0.596. The summed E-state index contributed by atoms with van der Waals surface area (Å²) in [5, 5.41) is 0. The summed E-state index contributed by atoms with van der Waals surface area (Å²) >= 11 is 1.40. The van der Waals surface area contributed by atoms with Gasteiger partial charge < -0.3 is 10.5 Å². The first-order valence-electron chi connectivity index (χ1n) is 6.42. The topological polar surface area (TPSA) is 35.2 Å². The zero-order valence-electron chi connectivity index (χ0n) is 12.1. The second-order valence-electron chi connectivity index (χ2n) is 5.11. The molecule has 0 saturated heterocycles. The Balaban J connectivity index is 2.40. The molecule has 2 aromatic carbocycles. The molecule has 2 aromatic rings. The largest absolute Gasteiger partial charge is 0.496 e. The summed E-state index contributed by atoms with van der Waals surface area (Å²) in [5.41, 5.74) is 6.13. The van der Waals surface area contributed by atoms with E-state index in [9.17, 15) is 8.78 Å². The lowest BCUT2D eigenvalue weighted by atomic mass is 10.0. The van der Waals surface area contributed by atoms with Gasteiger partial charge in [0, 0.05) is 15.2 Å². The van der Waals surface area contributed by atoms with Gasteiger partial charge in [-0.3, -0.25) is 0 Å². The Bertz CT molecular complexity index is 659. The molecule has 0 amide bonds. The van der Waals surface area contributed by atoms with Crippen LogP contribution < -0.4 is 10.5 Å². The summed E-state index contributed by atoms with van der Waals surface area (Å²) in [5.74, 6) is -0.301. The lowest BCUT2D eigenvalue weighted by Gasteiger charge is -2.27. The minimum Gasteiger partial charge on any atom is -0.496 e. The van der Waals surface area contributed by atoms with Crippen LogP contribution in [0.3, 0.4) is 0 Å². The third kappa shape index (κ3) is 3.29. The van der Waals surface area contributed by atoms with E-state index in [1.165, 1.54) is 31.0 Å². The fourth-order valence-corrected chi connectivity index (χ4v) is 3.40. The second kappa shape index (κ2) is 5.93. The van der Waals surface area contributed by atoms with Gasteiger partial charge in [-0.15, -0.1) is 11.8 Å². The fourth-order valence-electron chi connectivity index (χ4n) is 2.19. The van der Waals surface area contributed by atoms with E-state index in [-0.39, 0.29) is 11.5 Å². The summed E-state index contributed by atoms with van der Waals surface area (Å²) in [6.45, 7) is 3.77. The minimum absolute atomic E-state index is 0.0799. The third-order valence-corrected chi connectivity index (χ3v) is 4.34. The quantitative estimate of drug-likeness (QED) is 0.663. The van der Waals surface area contributed by atoms with Crippen molar-refractivity contribution in [2.24, 2.45) is 0 Å². The van der Waals surface area contributed by atoms with E-state index in [1.54, 1.807) is 24.3 Å². The summed E-state index contributed by atoms with van der Waals surface area (Å²) < 4.78 is 32.1. The molecule has 0 bridgehead atoms. The Morgan fingerprint density at radius 1 is 1.10 bits per heavy atom. The van der Waals surface area contributed by atoms with Crippen LogP contribution in [0.15, 0.2) is 41.3 Å². The van der Waals surface area contributed by atoms with Gasteiger partial charge >= 0.3 is 0 Å². The van der Waals surface area contributed by atoms with Crippen molar-refractivity contribution in [3.8, 4) is 5.75 Å². The lowest BCUT2D eigenvalue weighted by molar-refractivity contribution is 0.399. The van der Waals surface area contributed by atoms with Crippen molar-refractivity contribution in [2.75, 3.05) is 12.8 Å². The van der Waals surface area contributed by atoms with Crippen molar-refractivity contribution in [1.82, 2.24) is 0 Å². The van der Waals surface area contributed by atoms with Crippen LogP contribution in [0.1, 0.15) is 19.4 Å². The van der Waals surface area contributed by atoms with Crippen LogP contribution in [0.2, 0.25) is 0 Å². The van der Waals surface area contributed by atoms with Crippen LogP contribution in [0.25, 0.3) is 0 Å². The molecule has 0 radical (unpaired) electrons. The summed E-state index contributed by atoms with van der Waals surface area (Å²) in [6.07, 6.45) is 0. The number of hydrogen-bond acceptors (Lipinski definition) is 3. The van der Waals surface area contributed by atoms with Crippen LogP contribution in [0.5, 0.6) is 5.75 Å². The average molecular weight is 309 g/mol. The number of nitrogen functional groups attached to an aromatic ring is 1. The monoisotopic (exact) mass is 309 g/mol. The van der Waals surface area contributed by atoms with Gasteiger partial charge in [0.2, 0.25) is 0 Å². The van der Waals surface area contributed by atoms with Crippen molar-refractivity contribution in [1.29, 1.82) is 0 Å². The van der Waals surface area contributed by atoms with Gasteiger partial charge in [0.1, 0.15) is 17.4 Å². The number of ether oxygens (including phenoxy) is 1. The molecule has 0 fully saturated rings. The van der Waals surface area contributed by atoms with Crippen molar-refractivity contribution in [3.63, 3.8) is 0 Å². The highest BCUT2D eigenvalue weighted by Gasteiger charge is 2.29. The first kappa shape index (κ1) is 15.6. The van der Waals surface area contributed by atoms with E-state index in [1.807, 2.05) is 13.8 Å². The highest BCUT2D eigenvalue weighted by molar-refractivity contribution is 8.00. The van der Waals surface area contributed by atoms with E-state index in [4.69, 9.17) is 10.5 Å². The van der Waals surface area contributed by atoms with Crippen molar-refractivity contribution in [2.45, 2.75) is 23.5 Å². The number of halogens is 2. The molecule has 0 unspecified atom stereocenters. The number of rotatable bonds is 4. The number of thioether (sulfide) groups is 1. The number of nitrogens with two attached hydrogens (primary N) is 1. The lowest BCUT2D eigenvalue weighted by Crippen LogP contribution is -2.16. The molecule has 2 rings (SSSR count). The highest BCUT2D eigenvalue weighted by atomic mass is 32.2. The number of hydrogen-bond donors (Lipinski definition) is 1. The normalized spacial score (nSPS) is 11.5. The first-order valence-corrected chi connectivity index (χ1v) is 7.24. The van der Waals surface area contributed by atoms with Crippen LogP contribution in [-0.2, 0) is 4.75 Å². The first-order chi connectivity index (χ1) is 9.85. The van der Waals surface area contributed by atoms with Crippen molar-refractivity contribution >= 4 is 17.4 Å². The van der Waals surface area contributed by atoms with Crippen LogP contribution in [-0.4, -0.2) is 7.11 Å². The van der Waals surface area contributed by atoms with Gasteiger partial charge in [-0.05, 0) is 44.2 Å².